The van der Waals surface area contributed by atoms with E-state index in [9.17, 15) is 4.79 Å². The zero-order chi connectivity index (χ0) is 13.6. The molecule has 1 amide bonds. The molecule has 2 heterocycles. The van der Waals surface area contributed by atoms with E-state index in [1.54, 1.807) is 0 Å². The number of fused-ring (bicyclic) bond motifs is 1. The summed E-state index contributed by atoms with van der Waals surface area (Å²) in [5.74, 6) is 0.684. The number of carbonyl (C=O) groups is 1. The van der Waals surface area contributed by atoms with E-state index in [4.69, 9.17) is 5.73 Å². The van der Waals surface area contributed by atoms with Gasteiger partial charge in [-0.1, -0.05) is 6.92 Å². The smallest absolute Gasteiger partial charge is 0.245 e. The molecule has 2 aliphatic heterocycles. The number of anilines is 2. The number of nitrogens with two attached hydrogens (primary N) is 1. The van der Waals surface area contributed by atoms with E-state index < -0.39 is 6.04 Å². The number of hydrogen-bond donors (Lipinski definition) is 2. The van der Waals surface area contributed by atoms with Crippen LogP contribution in [0.25, 0.3) is 0 Å². The van der Waals surface area contributed by atoms with Crippen LogP contribution in [0.1, 0.15) is 31.4 Å². The van der Waals surface area contributed by atoms with E-state index in [0.29, 0.717) is 0 Å². The van der Waals surface area contributed by atoms with Crippen molar-refractivity contribution in [3.8, 4) is 0 Å². The van der Waals surface area contributed by atoms with Gasteiger partial charge in [-0.15, -0.1) is 0 Å². The standard InChI is InChI=1S/C14H18BrN3O/c1-8-2-4-18(5-3-8)12-7-11-9(6-10(12)15)13(16)14(19)17-11/h6-8,13H,2-5,16H2,1H3,(H,17,19). The van der Waals surface area contributed by atoms with Crippen LogP contribution < -0.4 is 16.0 Å². The van der Waals surface area contributed by atoms with Crippen LogP contribution >= 0.6 is 15.9 Å². The van der Waals surface area contributed by atoms with Gasteiger partial charge in [-0.3, -0.25) is 4.79 Å². The number of nitrogens with one attached hydrogen (secondary N) is 1. The molecule has 1 aromatic carbocycles. The first-order valence-corrected chi connectivity index (χ1v) is 7.50. The summed E-state index contributed by atoms with van der Waals surface area (Å²) in [5, 5.41) is 2.85. The van der Waals surface area contributed by atoms with Gasteiger partial charge in [-0.25, -0.2) is 0 Å². The summed E-state index contributed by atoms with van der Waals surface area (Å²) in [7, 11) is 0. The Morgan fingerprint density at radius 2 is 2.05 bits per heavy atom. The fourth-order valence-corrected chi connectivity index (χ4v) is 3.40. The average Bonchev–Trinajstić information content (AvgIpc) is 2.66. The minimum absolute atomic E-state index is 0.119. The fourth-order valence-electron chi connectivity index (χ4n) is 2.79. The molecule has 0 aromatic heterocycles. The predicted molar refractivity (Wildman–Crippen MR) is 80.3 cm³/mol. The third-order valence-corrected chi connectivity index (χ3v) is 4.75. The molecule has 102 valence electrons. The lowest BCUT2D eigenvalue weighted by Crippen LogP contribution is -2.33. The Labute approximate surface area is 121 Å². The number of piperidine rings is 1. The number of nitrogens with zero attached hydrogens (tertiary/aromatic N) is 1. The Hall–Kier alpha value is -1.07. The molecule has 1 saturated heterocycles. The summed E-state index contributed by atoms with van der Waals surface area (Å²) < 4.78 is 1.02. The Morgan fingerprint density at radius 3 is 2.74 bits per heavy atom. The normalized spacial score (nSPS) is 23.4. The van der Waals surface area contributed by atoms with Gasteiger partial charge in [0.2, 0.25) is 5.91 Å². The maximum atomic E-state index is 11.6. The van der Waals surface area contributed by atoms with Crippen molar-refractivity contribution < 1.29 is 4.79 Å². The Kier molecular flexibility index (Phi) is 3.27. The summed E-state index contributed by atoms with van der Waals surface area (Å²) in [6.07, 6.45) is 2.44. The van der Waals surface area contributed by atoms with E-state index in [2.05, 4.69) is 33.1 Å². The van der Waals surface area contributed by atoms with Crippen LogP contribution in [0.15, 0.2) is 16.6 Å². The molecule has 4 nitrogen and oxygen atoms in total. The van der Waals surface area contributed by atoms with Crippen molar-refractivity contribution in [2.45, 2.75) is 25.8 Å². The molecule has 0 aliphatic carbocycles. The van der Waals surface area contributed by atoms with Crippen molar-refractivity contribution in [3.05, 3.63) is 22.2 Å². The van der Waals surface area contributed by atoms with Crippen molar-refractivity contribution >= 4 is 33.2 Å². The van der Waals surface area contributed by atoms with Gasteiger partial charge in [0.15, 0.2) is 0 Å². The van der Waals surface area contributed by atoms with Crippen molar-refractivity contribution in [3.63, 3.8) is 0 Å². The lowest BCUT2D eigenvalue weighted by molar-refractivity contribution is -0.116. The van der Waals surface area contributed by atoms with Gasteiger partial charge in [0.25, 0.3) is 0 Å². The summed E-state index contributed by atoms with van der Waals surface area (Å²) in [5.41, 5.74) is 8.75. The Morgan fingerprint density at radius 1 is 1.37 bits per heavy atom. The van der Waals surface area contributed by atoms with Gasteiger partial charge in [0.1, 0.15) is 6.04 Å². The van der Waals surface area contributed by atoms with Gasteiger partial charge in [-0.2, -0.15) is 0 Å². The molecule has 0 radical (unpaired) electrons. The number of carbonyl (C=O) groups excluding carboxylic acids is 1. The SMILES string of the molecule is CC1CCN(c2cc3c(cc2Br)C(N)C(=O)N3)CC1. The van der Waals surface area contributed by atoms with Crippen molar-refractivity contribution in [2.24, 2.45) is 11.7 Å². The number of benzene rings is 1. The first kappa shape index (κ1) is 12.9. The molecule has 0 bridgehead atoms. The van der Waals surface area contributed by atoms with E-state index in [-0.39, 0.29) is 5.91 Å². The molecule has 1 fully saturated rings. The molecular formula is C14H18BrN3O. The van der Waals surface area contributed by atoms with Crippen LogP contribution in [0.5, 0.6) is 0 Å². The van der Waals surface area contributed by atoms with Gasteiger partial charge in [0, 0.05) is 28.8 Å². The second-order valence-electron chi connectivity index (χ2n) is 5.53. The number of hydrogen-bond acceptors (Lipinski definition) is 3. The topological polar surface area (TPSA) is 58.4 Å². The lowest BCUT2D eigenvalue weighted by Gasteiger charge is -2.33. The Bertz CT molecular complexity index is 524. The molecule has 3 rings (SSSR count). The molecule has 2 aliphatic rings. The van der Waals surface area contributed by atoms with Crippen LogP contribution in [-0.4, -0.2) is 19.0 Å². The highest BCUT2D eigenvalue weighted by atomic mass is 79.9. The summed E-state index contributed by atoms with van der Waals surface area (Å²) >= 11 is 3.61. The van der Waals surface area contributed by atoms with Gasteiger partial charge in [-0.05, 0) is 46.8 Å². The molecule has 1 unspecified atom stereocenters. The summed E-state index contributed by atoms with van der Waals surface area (Å²) in [4.78, 5) is 14.0. The maximum absolute atomic E-state index is 11.6. The minimum Gasteiger partial charge on any atom is -0.371 e. The molecule has 5 heteroatoms. The van der Waals surface area contributed by atoms with E-state index >= 15 is 0 Å². The third-order valence-electron chi connectivity index (χ3n) is 4.12. The van der Waals surface area contributed by atoms with Crippen molar-refractivity contribution in [1.82, 2.24) is 0 Å². The van der Waals surface area contributed by atoms with Crippen molar-refractivity contribution in [1.29, 1.82) is 0 Å². The highest BCUT2D eigenvalue weighted by molar-refractivity contribution is 9.10. The van der Waals surface area contributed by atoms with Crippen LogP contribution in [0, 0.1) is 5.92 Å². The lowest BCUT2D eigenvalue weighted by atomic mass is 9.98. The molecule has 0 spiro atoms. The molecule has 19 heavy (non-hydrogen) atoms. The molecular weight excluding hydrogens is 306 g/mol. The minimum atomic E-state index is -0.540. The van der Waals surface area contributed by atoms with Gasteiger partial charge >= 0.3 is 0 Å². The highest BCUT2D eigenvalue weighted by Crippen LogP contribution is 2.39. The van der Waals surface area contributed by atoms with Crippen LogP contribution in [-0.2, 0) is 4.79 Å². The zero-order valence-electron chi connectivity index (χ0n) is 10.9. The van der Waals surface area contributed by atoms with Crippen LogP contribution in [0.3, 0.4) is 0 Å². The molecule has 0 saturated carbocycles. The quantitative estimate of drug-likeness (QED) is 0.835. The monoisotopic (exact) mass is 323 g/mol. The summed E-state index contributed by atoms with van der Waals surface area (Å²) in [6, 6.07) is 3.48. The zero-order valence-corrected chi connectivity index (χ0v) is 12.5. The van der Waals surface area contributed by atoms with E-state index in [1.807, 2.05) is 12.1 Å². The predicted octanol–water partition coefficient (Wildman–Crippen LogP) is 2.64. The molecule has 1 aromatic rings. The third kappa shape index (κ3) is 2.25. The van der Waals surface area contributed by atoms with Gasteiger partial charge < -0.3 is 16.0 Å². The Balaban J connectivity index is 1.92. The fraction of sp³-hybridized carbons (Fsp3) is 0.500. The largest absolute Gasteiger partial charge is 0.371 e. The first-order chi connectivity index (χ1) is 9.06. The second-order valence-corrected chi connectivity index (χ2v) is 6.38. The number of halogens is 1. The van der Waals surface area contributed by atoms with Crippen LogP contribution in [0.2, 0.25) is 0 Å². The van der Waals surface area contributed by atoms with Crippen LogP contribution in [0.4, 0.5) is 11.4 Å². The highest BCUT2D eigenvalue weighted by Gasteiger charge is 2.29. The van der Waals surface area contributed by atoms with E-state index in [1.165, 1.54) is 12.8 Å². The first-order valence-electron chi connectivity index (χ1n) is 6.71. The molecule has 3 N–H and O–H groups in total. The summed E-state index contributed by atoms with van der Waals surface area (Å²) in [6.45, 7) is 4.44. The van der Waals surface area contributed by atoms with Gasteiger partial charge in [0.05, 0.1) is 5.69 Å². The maximum Gasteiger partial charge on any atom is 0.245 e. The van der Waals surface area contributed by atoms with Crippen molar-refractivity contribution in [2.75, 3.05) is 23.3 Å². The molecule has 1 atom stereocenters. The van der Waals surface area contributed by atoms with E-state index in [0.717, 1.165) is 40.4 Å². The number of rotatable bonds is 1. The number of amides is 1. The average molecular weight is 324 g/mol. The second kappa shape index (κ2) is 4.80.